The van der Waals surface area contributed by atoms with E-state index in [9.17, 15) is 10.1 Å². The first-order valence-corrected chi connectivity index (χ1v) is 5.19. The van der Waals surface area contributed by atoms with Crippen molar-refractivity contribution in [3.8, 4) is 17.6 Å². The van der Waals surface area contributed by atoms with Crippen LogP contribution in [-0.2, 0) is 5.41 Å². The molecule has 0 heterocycles. The predicted molar refractivity (Wildman–Crippen MR) is 64.8 cm³/mol. The molecule has 0 bridgehead atoms. The minimum Gasteiger partial charge on any atom is -0.493 e. The lowest BCUT2D eigenvalue weighted by Gasteiger charge is -2.18. The molecule has 1 aromatic rings. The number of ether oxygens (including phenoxy) is 2. The molecule has 0 fully saturated rings. The molecular weight excluding hydrogens is 236 g/mol. The average Bonchev–Trinajstić information content (AvgIpc) is 2.36. The zero-order valence-electron chi connectivity index (χ0n) is 10.7. The summed E-state index contributed by atoms with van der Waals surface area (Å²) in [7, 11) is 2.73. The topological polar surface area (TPSA) is 85.4 Å². The molecule has 0 saturated heterocycles. The number of hydrogen-bond acceptors (Lipinski definition) is 5. The van der Waals surface area contributed by atoms with Gasteiger partial charge in [0, 0.05) is 6.07 Å². The SMILES string of the molecule is COc1cc(C(C)(C)C#N)cc([N+](=O)[O-])c1OC. The summed E-state index contributed by atoms with van der Waals surface area (Å²) in [5, 5.41) is 20.1. The lowest BCUT2D eigenvalue weighted by Crippen LogP contribution is -2.14. The largest absolute Gasteiger partial charge is 0.493 e. The third-order valence-corrected chi connectivity index (χ3v) is 2.66. The molecule has 1 aromatic carbocycles. The van der Waals surface area contributed by atoms with Crippen LogP contribution in [0.1, 0.15) is 19.4 Å². The fraction of sp³-hybridized carbons (Fsp3) is 0.417. The van der Waals surface area contributed by atoms with E-state index in [0.717, 1.165) is 0 Å². The van der Waals surface area contributed by atoms with Crippen molar-refractivity contribution in [2.45, 2.75) is 19.3 Å². The van der Waals surface area contributed by atoms with E-state index in [-0.39, 0.29) is 17.2 Å². The number of nitriles is 1. The van der Waals surface area contributed by atoms with E-state index < -0.39 is 10.3 Å². The lowest BCUT2D eigenvalue weighted by molar-refractivity contribution is -0.385. The quantitative estimate of drug-likeness (QED) is 0.605. The second-order valence-corrected chi connectivity index (χ2v) is 4.22. The van der Waals surface area contributed by atoms with Crippen LogP contribution in [0.25, 0.3) is 0 Å². The van der Waals surface area contributed by atoms with Gasteiger partial charge in [-0.15, -0.1) is 0 Å². The smallest absolute Gasteiger partial charge is 0.315 e. The predicted octanol–water partition coefficient (Wildman–Crippen LogP) is 2.41. The maximum Gasteiger partial charge on any atom is 0.315 e. The summed E-state index contributed by atoms with van der Waals surface area (Å²) in [6.07, 6.45) is 0. The average molecular weight is 250 g/mol. The molecule has 96 valence electrons. The van der Waals surface area contributed by atoms with Crippen LogP contribution in [0.15, 0.2) is 12.1 Å². The van der Waals surface area contributed by atoms with Crippen molar-refractivity contribution in [3.05, 3.63) is 27.8 Å². The fourth-order valence-electron chi connectivity index (χ4n) is 1.51. The summed E-state index contributed by atoms with van der Waals surface area (Å²) in [5.74, 6) is 0.296. The molecule has 0 amide bonds. The highest BCUT2D eigenvalue weighted by Gasteiger charge is 2.28. The summed E-state index contributed by atoms with van der Waals surface area (Å²) in [5.41, 5.74) is -0.547. The van der Waals surface area contributed by atoms with Gasteiger partial charge in [-0.3, -0.25) is 10.1 Å². The molecule has 0 atom stereocenters. The molecular formula is C12H14N2O4. The molecule has 0 spiro atoms. The Kier molecular flexibility index (Phi) is 3.76. The number of nitrogens with zero attached hydrogens (tertiary/aromatic N) is 2. The Morgan fingerprint density at radius 1 is 1.33 bits per heavy atom. The lowest BCUT2D eigenvalue weighted by atomic mass is 9.86. The van der Waals surface area contributed by atoms with Crippen LogP contribution in [0.2, 0.25) is 0 Å². The Hall–Kier alpha value is -2.29. The number of benzene rings is 1. The van der Waals surface area contributed by atoms with Crippen molar-refractivity contribution < 1.29 is 14.4 Å². The van der Waals surface area contributed by atoms with Crippen LogP contribution in [-0.4, -0.2) is 19.1 Å². The Labute approximate surface area is 105 Å². The van der Waals surface area contributed by atoms with Crippen LogP contribution >= 0.6 is 0 Å². The van der Waals surface area contributed by atoms with Gasteiger partial charge in [0.05, 0.1) is 30.6 Å². The summed E-state index contributed by atoms with van der Waals surface area (Å²) in [6.45, 7) is 3.36. The van der Waals surface area contributed by atoms with Crippen LogP contribution < -0.4 is 9.47 Å². The second-order valence-electron chi connectivity index (χ2n) is 4.22. The molecule has 6 heteroatoms. The highest BCUT2D eigenvalue weighted by atomic mass is 16.6. The summed E-state index contributed by atoms with van der Waals surface area (Å²) < 4.78 is 10.0. The molecule has 18 heavy (non-hydrogen) atoms. The Morgan fingerprint density at radius 2 is 1.94 bits per heavy atom. The van der Waals surface area contributed by atoms with Crippen molar-refractivity contribution in [1.82, 2.24) is 0 Å². The zero-order valence-corrected chi connectivity index (χ0v) is 10.7. The minimum atomic E-state index is -0.843. The number of hydrogen-bond donors (Lipinski definition) is 0. The van der Waals surface area contributed by atoms with Crippen LogP contribution in [0.5, 0.6) is 11.5 Å². The van der Waals surface area contributed by atoms with E-state index >= 15 is 0 Å². The summed E-state index contributed by atoms with van der Waals surface area (Å²) >= 11 is 0. The number of rotatable bonds is 4. The molecule has 0 aliphatic heterocycles. The zero-order chi connectivity index (χ0) is 13.9. The van der Waals surface area contributed by atoms with Gasteiger partial charge in [0.2, 0.25) is 5.75 Å². The van der Waals surface area contributed by atoms with Crippen molar-refractivity contribution in [2.75, 3.05) is 14.2 Å². The molecule has 0 radical (unpaired) electrons. The molecule has 6 nitrogen and oxygen atoms in total. The van der Waals surface area contributed by atoms with E-state index in [4.69, 9.17) is 14.7 Å². The molecule has 0 aliphatic rings. The third kappa shape index (κ3) is 2.35. The van der Waals surface area contributed by atoms with E-state index in [0.29, 0.717) is 5.56 Å². The Balaban J connectivity index is 3.57. The van der Waals surface area contributed by atoms with E-state index in [2.05, 4.69) is 6.07 Å². The monoisotopic (exact) mass is 250 g/mol. The molecule has 0 aromatic heterocycles. The normalized spacial score (nSPS) is 10.6. The molecule has 0 aliphatic carbocycles. The van der Waals surface area contributed by atoms with E-state index in [1.165, 1.54) is 20.3 Å². The standard InChI is InChI=1S/C12H14N2O4/c1-12(2,7-13)8-5-9(14(15)16)11(18-4)10(6-8)17-3/h5-6H,1-4H3. The van der Waals surface area contributed by atoms with Crippen molar-refractivity contribution in [2.24, 2.45) is 0 Å². The molecule has 1 rings (SSSR count). The van der Waals surface area contributed by atoms with Gasteiger partial charge in [0.1, 0.15) is 0 Å². The third-order valence-electron chi connectivity index (χ3n) is 2.66. The van der Waals surface area contributed by atoms with Gasteiger partial charge in [-0.25, -0.2) is 0 Å². The number of methoxy groups -OCH3 is 2. The van der Waals surface area contributed by atoms with Gasteiger partial charge in [0.15, 0.2) is 5.75 Å². The van der Waals surface area contributed by atoms with Crippen molar-refractivity contribution in [3.63, 3.8) is 0 Å². The van der Waals surface area contributed by atoms with Gasteiger partial charge >= 0.3 is 5.69 Å². The second kappa shape index (κ2) is 4.92. The van der Waals surface area contributed by atoms with Gasteiger partial charge in [-0.1, -0.05) is 0 Å². The maximum atomic E-state index is 11.0. The van der Waals surface area contributed by atoms with E-state index in [1.54, 1.807) is 19.9 Å². The molecule has 0 N–H and O–H groups in total. The number of nitro groups is 1. The highest BCUT2D eigenvalue weighted by Crippen LogP contribution is 2.40. The van der Waals surface area contributed by atoms with Crippen molar-refractivity contribution in [1.29, 1.82) is 5.26 Å². The van der Waals surface area contributed by atoms with Crippen LogP contribution in [0, 0.1) is 21.4 Å². The molecule has 0 unspecified atom stereocenters. The summed E-state index contributed by atoms with van der Waals surface area (Å²) in [6, 6.07) is 5.01. The van der Waals surface area contributed by atoms with Crippen LogP contribution in [0.4, 0.5) is 5.69 Å². The van der Waals surface area contributed by atoms with Gasteiger partial charge in [-0.05, 0) is 25.5 Å². The Bertz CT molecular complexity index is 518. The van der Waals surface area contributed by atoms with Crippen molar-refractivity contribution >= 4 is 5.69 Å². The van der Waals surface area contributed by atoms with E-state index in [1.807, 2.05) is 0 Å². The molecule has 0 saturated carbocycles. The van der Waals surface area contributed by atoms with Gasteiger partial charge < -0.3 is 9.47 Å². The first kappa shape index (κ1) is 13.8. The fourth-order valence-corrected chi connectivity index (χ4v) is 1.51. The van der Waals surface area contributed by atoms with Crippen LogP contribution in [0.3, 0.4) is 0 Å². The van der Waals surface area contributed by atoms with Gasteiger partial charge in [-0.2, -0.15) is 5.26 Å². The highest BCUT2D eigenvalue weighted by molar-refractivity contribution is 5.59. The Morgan fingerprint density at radius 3 is 2.33 bits per heavy atom. The number of nitro benzene ring substituents is 1. The summed E-state index contributed by atoms with van der Waals surface area (Å²) in [4.78, 5) is 10.4. The van der Waals surface area contributed by atoms with Gasteiger partial charge in [0.25, 0.3) is 0 Å². The maximum absolute atomic E-state index is 11.0. The first-order valence-electron chi connectivity index (χ1n) is 5.19. The first-order chi connectivity index (χ1) is 8.37. The minimum absolute atomic E-state index is 0.0555.